The SMILES string of the molecule is C=C(C)CNC(=O)C1CNCC1C. The van der Waals surface area contributed by atoms with Gasteiger partial charge in [-0.25, -0.2) is 0 Å². The molecular formula is C10H18N2O. The summed E-state index contributed by atoms with van der Waals surface area (Å²) in [5.74, 6) is 0.741. The fraction of sp³-hybridized carbons (Fsp3) is 0.700. The molecular weight excluding hydrogens is 164 g/mol. The lowest BCUT2D eigenvalue weighted by molar-refractivity contribution is -0.125. The first-order chi connectivity index (χ1) is 6.11. The van der Waals surface area contributed by atoms with Gasteiger partial charge in [0.05, 0.1) is 5.92 Å². The van der Waals surface area contributed by atoms with Crippen molar-refractivity contribution >= 4 is 5.91 Å². The highest BCUT2D eigenvalue weighted by atomic mass is 16.1. The van der Waals surface area contributed by atoms with Crippen LogP contribution < -0.4 is 10.6 Å². The molecule has 0 aliphatic carbocycles. The van der Waals surface area contributed by atoms with Crippen molar-refractivity contribution in [3.8, 4) is 0 Å². The second-order valence-electron chi connectivity index (χ2n) is 3.92. The number of carbonyl (C=O) groups is 1. The summed E-state index contributed by atoms with van der Waals surface area (Å²) in [7, 11) is 0. The molecule has 3 heteroatoms. The standard InChI is InChI=1S/C10H18N2O/c1-7(2)4-12-10(13)9-6-11-5-8(9)3/h8-9,11H,1,4-6H2,2-3H3,(H,12,13). The monoisotopic (exact) mass is 182 g/mol. The molecule has 1 fully saturated rings. The Morgan fingerprint density at radius 1 is 1.62 bits per heavy atom. The molecule has 0 aromatic carbocycles. The van der Waals surface area contributed by atoms with Gasteiger partial charge in [0.25, 0.3) is 0 Å². The highest BCUT2D eigenvalue weighted by Gasteiger charge is 2.28. The van der Waals surface area contributed by atoms with Crippen LogP contribution in [0.1, 0.15) is 13.8 Å². The zero-order chi connectivity index (χ0) is 9.84. The van der Waals surface area contributed by atoms with E-state index in [1.54, 1.807) is 0 Å². The van der Waals surface area contributed by atoms with Crippen LogP contribution in [0.3, 0.4) is 0 Å². The van der Waals surface area contributed by atoms with E-state index in [4.69, 9.17) is 0 Å². The first-order valence-electron chi connectivity index (χ1n) is 4.74. The largest absolute Gasteiger partial charge is 0.352 e. The van der Waals surface area contributed by atoms with Crippen molar-refractivity contribution in [1.29, 1.82) is 0 Å². The Balaban J connectivity index is 2.34. The molecule has 1 aliphatic rings. The Hall–Kier alpha value is -0.830. The number of hydrogen-bond acceptors (Lipinski definition) is 2. The molecule has 0 aromatic heterocycles. The van der Waals surface area contributed by atoms with Crippen LogP contribution in [-0.4, -0.2) is 25.5 Å². The summed E-state index contributed by atoms with van der Waals surface area (Å²) in [6, 6.07) is 0. The average molecular weight is 182 g/mol. The minimum Gasteiger partial charge on any atom is -0.352 e. The maximum absolute atomic E-state index is 11.6. The quantitative estimate of drug-likeness (QED) is 0.625. The number of amides is 1. The number of hydrogen-bond donors (Lipinski definition) is 2. The van der Waals surface area contributed by atoms with E-state index < -0.39 is 0 Å². The normalized spacial score (nSPS) is 27.2. The van der Waals surface area contributed by atoms with E-state index in [1.807, 2.05) is 6.92 Å². The topological polar surface area (TPSA) is 41.1 Å². The molecule has 0 spiro atoms. The molecule has 0 radical (unpaired) electrons. The molecule has 3 nitrogen and oxygen atoms in total. The van der Waals surface area contributed by atoms with Gasteiger partial charge < -0.3 is 10.6 Å². The lowest BCUT2D eigenvalue weighted by Crippen LogP contribution is -2.35. The van der Waals surface area contributed by atoms with Gasteiger partial charge in [0.15, 0.2) is 0 Å². The smallest absolute Gasteiger partial charge is 0.224 e. The van der Waals surface area contributed by atoms with Crippen LogP contribution in [0.2, 0.25) is 0 Å². The molecule has 1 amide bonds. The van der Waals surface area contributed by atoms with Crippen LogP contribution >= 0.6 is 0 Å². The molecule has 0 saturated carbocycles. The Labute approximate surface area is 79.6 Å². The maximum atomic E-state index is 11.6. The van der Waals surface area contributed by atoms with E-state index in [9.17, 15) is 4.79 Å². The third-order valence-electron chi connectivity index (χ3n) is 2.42. The van der Waals surface area contributed by atoms with Gasteiger partial charge in [0.1, 0.15) is 0 Å². The highest BCUT2D eigenvalue weighted by Crippen LogP contribution is 2.15. The lowest BCUT2D eigenvalue weighted by Gasteiger charge is -2.13. The predicted molar refractivity (Wildman–Crippen MR) is 53.3 cm³/mol. The van der Waals surface area contributed by atoms with Crippen molar-refractivity contribution in [3.63, 3.8) is 0 Å². The molecule has 1 rings (SSSR count). The second kappa shape index (κ2) is 4.42. The molecule has 1 aliphatic heterocycles. The molecule has 2 unspecified atom stereocenters. The molecule has 0 bridgehead atoms. The number of rotatable bonds is 3. The van der Waals surface area contributed by atoms with Crippen LogP contribution in [0.4, 0.5) is 0 Å². The average Bonchev–Trinajstić information content (AvgIpc) is 2.47. The Bertz CT molecular complexity index is 213. The summed E-state index contributed by atoms with van der Waals surface area (Å²) in [5, 5.41) is 6.08. The van der Waals surface area contributed by atoms with Gasteiger partial charge in [-0.1, -0.05) is 19.1 Å². The van der Waals surface area contributed by atoms with Crippen molar-refractivity contribution < 1.29 is 4.79 Å². The molecule has 1 heterocycles. The maximum Gasteiger partial charge on any atom is 0.224 e. The predicted octanol–water partition coefficient (Wildman–Crippen LogP) is 0.534. The van der Waals surface area contributed by atoms with E-state index in [0.29, 0.717) is 12.5 Å². The van der Waals surface area contributed by atoms with Gasteiger partial charge in [-0.05, 0) is 19.4 Å². The molecule has 13 heavy (non-hydrogen) atoms. The summed E-state index contributed by atoms with van der Waals surface area (Å²) < 4.78 is 0. The third kappa shape index (κ3) is 2.84. The van der Waals surface area contributed by atoms with Gasteiger partial charge in [0.2, 0.25) is 5.91 Å². The Kier molecular flexibility index (Phi) is 3.48. The van der Waals surface area contributed by atoms with Crippen LogP contribution in [0.5, 0.6) is 0 Å². The Morgan fingerprint density at radius 2 is 2.31 bits per heavy atom. The number of carbonyl (C=O) groups excluding carboxylic acids is 1. The first-order valence-corrected chi connectivity index (χ1v) is 4.74. The van der Waals surface area contributed by atoms with Gasteiger partial charge in [-0.3, -0.25) is 4.79 Å². The van der Waals surface area contributed by atoms with E-state index >= 15 is 0 Å². The summed E-state index contributed by atoms with van der Waals surface area (Å²) in [4.78, 5) is 11.6. The van der Waals surface area contributed by atoms with Crippen LogP contribution in [-0.2, 0) is 4.79 Å². The molecule has 2 atom stereocenters. The van der Waals surface area contributed by atoms with E-state index in [-0.39, 0.29) is 11.8 Å². The zero-order valence-electron chi connectivity index (χ0n) is 8.39. The van der Waals surface area contributed by atoms with E-state index in [1.165, 1.54) is 0 Å². The van der Waals surface area contributed by atoms with Crippen molar-refractivity contribution in [3.05, 3.63) is 12.2 Å². The lowest BCUT2D eigenvalue weighted by atomic mass is 9.97. The first kappa shape index (κ1) is 10.3. The van der Waals surface area contributed by atoms with Gasteiger partial charge >= 0.3 is 0 Å². The third-order valence-corrected chi connectivity index (χ3v) is 2.42. The van der Waals surface area contributed by atoms with Crippen LogP contribution in [0.25, 0.3) is 0 Å². The van der Waals surface area contributed by atoms with Crippen LogP contribution in [0, 0.1) is 11.8 Å². The molecule has 1 saturated heterocycles. The van der Waals surface area contributed by atoms with Gasteiger partial charge in [-0.15, -0.1) is 0 Å². The summed E-state index contributed by atoms with van der Waals surface area (Å²) >= 11 is 0. The van der Waals surface area contributed by atoms with Gasteiger partial charge in [0, 0.05) is 13.1 Å². The van der Waals surface area contributed by atoms with Crippen molar-refractivity contribution in [2.45, 2.75) is 13.8 Å². The summed E-state index contributed by atoms with van der Waals surface area (Å²) in [5.41, 5.74) is 0.993. The van der Waals surface area contributed by atoms with Crippen LogP contribution in [0.15, 0.2) is 12.2 Å². The molecule has 74 valence electrons. The van der Waals surface area contributed by atoms with E-state index in [2.05, 4.69) is 24.1 Å². The Morgan fingerprint density at radius 3 is 2.77 bits per heavy atom. The second-order valence-corrected chi connectivity index (χ2v) is 3.92. The molecule has 0 aromatic rings. The highest BCUT2D eigenvalue weighted by molar-refractivity contribution is 5.79. The summed E-state index contributed by atoms with van der Waals surface area (Å²) in [6.45, 7) is 10.1. The minimum atomic E-state index is 0.138. The van der Waals surface area contributed by atoms with E-state index in [0.717, 1.165) is 18.7 Å². The van der Waals surface area contributed by atoms with Crippen molar-refractivity contribution in [2.24, 2.45) is 11.8 Å². The van der Waals surface area contributed by atoms with Crippen molar-refractivity contribution in [2.75, 3.05) is 19.6 Å². The zero-order valence-corrected chi connectivity index (χ0v) is 8.39. The number of nitrogens with one attached hydrogen (secondary N) is 2. The fourth-order valence-corrected chi connectivity index (χ4v) is 1.53. The fourth-order valence-electron chi connectivity index (χ4n) is 1.53. The summed E-state index contributed by atoms with van der Waals surface area (Å²) in [6.07, 6.45) is 0. The van der Waals surface area contributed by atoms with Crippen molar-refractivity contribution in [1.82, 2.24) is 10.6 Å². The minimum absolute atomic E-state index is 0.138. The van der Waals surface area contributed by atoms with Gasteiger partial charge in [-0.2, -0.15) is 0 Å². The molecule has 2 N–H and O–H groups in total.